The molecular formula is C23H25F3N4O2. The van der Waals surface area contributed by atoms with E-state index in [4.69, 9.17) is 5.73 Å². The minimum absolute atomic E-state index is 0.0311. The molecule has 2 aromatic carbocycles. The minimum atomic E-state index is -1.26. The molecule has 6 nitrogen and oxygen atoms in total. The first kappa shape index (κ1) is 22.1. The molecule has 0 bridgehead atoms. The highest BCUT2D eigenvalue weighted by atomic mass is 19.2. The molecular weight excluding hydrogens is 421 g/mol. The van der Waals surface area contributed by atoms with E-state index in [1.165, 1.54) is 0 Å². The van der Waals surface area contributed by atoms with Crippen LogP contribution in [0.1, 0.15) is 17.5 Å². The van der Waals surface area contributed by atoms with E-state index in [1.807, 2.05) is 30.3 Å². The highest BCUT2D eigenvalue weighted by Gasteiger charge is 2.41. The number of halogens is 3. The highest BCUT2D eigenvalue weighted by Crippen LogP contribution is 2.23. The van der Waals surface area contributed by atoms with Crippen molar-refractivity contribution in [3.8, 4) is 0 Å². The first-order valence-electron chi connectivity index (χ1n) is 10.6. The summed E-state index contributed by atoms with van der Waals surface area (Å²) in [5, 5.41) is 0. The van der Waals surface area contributed by atoms with Crippen molar-refractivity contribution >= 4 is 11.9 Å². The Morgan fingerprint density at radius 2 is 1.75 bits per heavy atom. The number of nitrogens with zero attached hydrogens (tertiary/aromatic N) is 3. The maximum absolute atomic E-state index is 13.9. The van der Waals surface area contributed by atoms with Gasteiger partial charge < -0.3 is 20.4 Å². The first-order chi connectivity index (χ1) is 15.3. The van der Waals surface area contributed by atoms with E-state index >= 15 is 0 Å². The van der Waals surface area contributed by atoms with Crippen molar-refractivity contribution in [1.29, 1.82) is 0 Å². The zero-order valence-electron chi connectivity index (χ0n) is 17.5. The molecule has 0 saturated carbocycles. The SMILES string of the molecule is N[C@@H](CC(=O)N1CCN2C(=O)N(Cc3ccccc3)CC2C1)Cc1cc(F)c(F)cc1F. The fourth-order valence-corrected chi connectivity index (χ4v) is 4.37. The number of benzene rings is 2. The van der Waals surface area contributed by atoms with Crippen molar-refractivity contribution in [3.05, 3.63) is 71.0 Å². The van der Waals surface area contributed by atoms with Gasteiger partial charge in [0.25, 0.3) is 0 Å². The topological polar surface area (TPSA) is 69.9 Å². The van der Waals surface area contributed by atoms with Crippen molar-refractivity contribution in [2.24, 2.45) is 5.73 Å². The van der Waals surface area contributed by atoms with Gasteiger partial charge in [-0.25, -0.2) is 18.0 Å². The van der Waals surface area contributed by atoms with Crippen LogP contribution in [0.15, 0.2) is 42.5 Å². The quantitative estimate of drug-likeness (QED) is 0.694. The van der Waals surface area contributed by atoms with Crippen LogP contribution in [-0.2, 0) is 17.8 Å². The standard InChI is InChI=1S/C23H25F3N4O2/c24-19-11-21(26)20(25)9-16(19)8-17(27)10-22(31)28-6-7-30-18(13-28)14-29(23(30)32)12-15-4-2-1-3-5-15/h1-5,9,11,17-18H,6-8,10,12-14,27H2/t17-,18?/m1/s1. The second kappa shape index (κ2) is 9.20. The van der Waals surface area contributed by atoms with E-state index in [0.29, 0.717) is 38.8 Å². The molecule has 9 heteroatoms. The molecule has 0 aliphatic carbocycles. The van der Waals surface area contributed by atoms with Gasteiger partial charge in [0.2, 0.25) is 5.91 Å². The van der Waals surface area contributed by atoms with Crippen LogP contribution in [-0.4, -0.2) is 64.9 Å². The number of piperazine rings is 1. The normalized spacial score (nSPS) is 19.3. The molecule has 32 heavy (non-hydrogen) atoms. The van der Waals surface area contributed by atoms with Gasteiger partial charge >= 0.3 is 6.03 Å². The summed E-state index contributed by atoms with van der Waals surface area (Å²) in [6, 6.07) is 10.1. The lowest BCUT2D eigenvalue weighted by atomic mass is 10.0. The lowest BCUT2D eigenvalue weighted by molar-refractivity contribution is -0.133. The molecule has 0 spiro atoms. The summed E-state index contributed by atoms with van der Waals surface area (Å²) in [5.41, 5.74) is 6.99. The lowest BCUT2D eigenvalue weighted by Gasteiger charge is -2.36. The molecule has 2 aliphatic heterocycles. The van der Waals surface area contributed by atoms with E-state index < -0.39 is 23.5 Å². The van der Waals surface area contributed by atoms with Crippen LogP contribution >= 0.6 is 0 Å². The zero-order valence-corrected chi connectivity index (χ0v) is 17.5. The molecule has 2 atom stereocenters. The Bertz CT molecular complexity index is 1000. The summed E-state index contributed by atoms with van der Waals surface area (Å²) in [6.07, 6.45) is -0.131. The van der Waals surface area contributed by atoms with Gasteiger partial charge in [-0.05, 0) is 23.6 Å². The third kappa shape index (κ3) is 4.72. The van der Waals surface area contributed by atoms with Crippen molar-refractivity contribution in [3.63, 3.8) is 0 Å². The van der Waals surface area contributed by atoms with E-state index in [1.54, 1.807) is 14.7 Å². The van der Waals surface area contributed by atoms with E-state index in [-0.39, 0.29) is 36.4 Å². The van der Waals surface area contributed by atoms with Crippen LogP contribution in [0.25, 0.3) is 0 Å². The summed E-state index contributed by atoms with van der Waals surface area (Å²) in [6.45, 7) is 2.29. The number of carbonyl (C=O) groups is 2. The van der Waals surface area contributed by atoms with Gasteiger partial charge in [-0.15, -0.1) is 0 Å². The van der Waals surface area contributed by atoms with Gasteiger partial charge in [0.05, 0.1) is 6.04 Å². The number of fused-ring (bicyclic) bond motifs is 1. The molecule has 170 valence electrons. The predicted octanol–water partition coefficient (Wildman–Crippen LogP) is 2.51. The summed E-state index contributed by atoms with van der Waals surface area (Å²) >= 11 is 0. The Hall–Kier alpha value is -3.07. The van der Waals surface area contributed by atoms with E-state index in [9.17, 15) is 22.8 Å². The third-order valence-electron chi connectivity index (χ3n) is 6.01. The van der Waals surface area contributed by atoms with Crippen molar-refractivity contribution in [1.82, 2.24) is 14.7 Å². The maximum Gasteiger partial charge on any atom is 0.320 e. The van der Waals surface area contributed by atoms with Gasteiger partial charge in [-0.2, -0.15) is 0 Å². The Morgan fingerprint density at radius 3 is 2.50 bits per heavy atom. The third-order valence-corrected chi connectivity index (χ3v) is 6.01. The van der Waals surface area contributed by atoms with Gasteiger partial charge in [0, 0.05) is 51.3 Å². The predicted molar refractivity (Wildman–Crippen MR) is 112 cm³/mol. The lowest BCUT2D eigenvalue weighted by Crippen LogP contribution is -2.54. The molecule has 2 aliphatic rings. The number of carbonyl (C=O) groups excluding carboxylic acids is 2. The number of rotatable bonds is 6. The average Bonchev–Trinajstić information content (AvgIpc) is 3.07. The Morgan fingerprint density at radius 1 is 1.03 bits per heavy atom. The number of amides is 3. The number of hydrogen-bond donors (Lipinski definition) is 1. The summed E-state index contributed by atoms with van der Waals surface area (Å²) in [7, 11) is 0. The van der Waals surface area contributed by atoms with Crippen LogP contribution < -0.4 is 5.73 Å². The minimum Gasteiger partial charge on any atom is -0.339 e. The van der Waals surface area contributed by atoms with E-state index in [0.717, 1.165) is 11.6 Å². The van der Waals surface area contributed by atoms with Crippen LogP contribution in [0.5, 0.6) is 0 Å². The Kier molecular flexibility index (Phi) is 6.36. The molecule has 0 radical (unpaired) electrons. The largest absolute Gasteiger partial charge is 0.339 e. The second-order valence-corrected chi connectivity index (χ2v) is 8.36. The van der Waals surface area contributed by atoms with Crippen LogP contribution in [0.4, 0.5) is 18.0 Å². The monoisotopic (exact) mass is 446 g/mol. The molecule has 2 aromatic rings. The van der Waals surface area contributed by atoms with Crippen LogP contribution in [0.3, 0.4) is 0 Å². The maximum atomic E-state index is 13.9. The fraction of sp³-hybridized carbons (Fsp3) is 0.391. The smallest absolute Gasteiger partial charge is 0.320 e. The average molecular weight is 446 g/mol. The van der Waals surface area contributed by atoms with Crippen molar-refractivity contribution in [2.75, 3.05) is 26.2 Å². The fourth-order valence-electron chi connectivity index (χ4n) is 4.37. The number of urea groups is 1. The van der Waals surface area contributed by atoms with Crippen LogP contribution in [0, 0.1) is 17.5 Å². The van der Waals surface area contributed by atoms with Gasteiger partial charge in [0.15, 0.2) is 11.6 Å². The molecule has 1 unspecified atom stereocenters. The Balaban J connectivity index is 1.32. The van der Waals surface area contributed by atoms with Crippen molar-refractivity contribution < 1.29 is 22.8 Å². The van der Waals surface area contributed by atoms with Crippen molar-refractivity contribution in [2.45, 2.75) is 31.5 Å². The van der Waals surface area contributed by atoms with Gasteiger partial charge in [-0.1, -0.05) is 30.3 Å². The summed E-state index contributed by atoms with van der Waals surface area (Å²) < 4.78 is 40.4. The van der Waals surface area contributed by atoms with E-state index in [2.05, 4.69) is 0 Å². The second-order valence-electron chi connectivity index (χ2n) is 8.36. The molecule has 3 amide bonds. The molecule has 0 aromatic heterocycles. The number of nitrogens with two attached hydrogens (primary N) is 1. The molecule has 2 fully saturated rings. The summed E-state index contributed by atoms with van der Waals surface area (Å²) in [4.78, 5) is 30.7. The van der Waals surface area contributed by atoms with Gasteiger partial charge in [-0.3, -0.25) is 4.79 Å². The zero-order chi connectivity index (χ0) is 22.8. The molecule has 2 saturated heterocycles. The highest BCUT2D eigenvalue weighted by molar-refractivity contribution is 5.80. The van der Waals surface area contributed by atoms with Gasteiger partial charge in [0.1, 0.15) is 5.82 Å². The first-order valence-corrected chi connectivity index (χ1v) is 10.6. The molecule has 2 N–H and O–H groups in total. The molecule has 2 heterocycles. The summed E-state index contributed by atoms with van der Waals surface area (Å²) in [5.74, 6) is -3.50. The van der Waals surface area contributed by atoms with Crippen LogP contribution in [0.2, 0.25) is 0 Å². The molecule has 4 rings (SSSR count). The number of hydrogen-bond acceptors (Lipinski definition) is 3. The Labute approximate surface area is 184 Å².